The quantitative estimate of drug-likeness (QED) is 0.285. The van der Waals surface area contributed by atoms with E-state index in [1.54, 1.807) is 19.1 Å². The monoisotopic (exact) mass is 540 g/mol. The fourth-order valence-electron chi connectivity index (χ4n) is 2.72. The first-order valence-electron chi connectivity index (χ1n) is 9.21. The van der Waals surface area contributed by atoms with Crippen molar-refractivity contribution in [1.82, 2.24) is 4.98 Å². The number of carbonyl (C=O) groups is 1. The molecule has 32 heavy (non-hydrogen) atoms. The topological polar surface area (TPSA) is 95.0 Å². The van der Waals surface area contributed by atoms with Crippen molar-refractivity contribution in [2.75, 3.05) is 17.0 Å². The van der Waals surface area contributed by atoms with Gasteiger partial charge in [0.25, 0.3) is 10.0 Å². The van der Waals surface area contributed by atoms with E-state index in [2.05, 4.69) is 21.1 Å². The molecule has 0 aliphatic carbocycles. The fraction of sp³-hybridized carbons (Fsp3) is 0.143. The Balaban J connectivity index is 2.03. The van der Waals surface area contributed by atoms with Crippen LogP contribution in [0.2, 0.25) is 5.02 Å². The van der Waals surface area contributed by atoms with Crippen molar-refractivity contribution in [1.29, 1.82) is 0 Å². The molecule has 0 amide bonds. The summed E-state index contributed by atoms with van der Waals surface area (Å²) in [5, 5.41) is 0.353. The van der Waals surface area contributed by atoms with Crippen LogP contribution < -0.4 is 12.8 Å². The highest BCUT2D eigenvalue weighted by Gasteiger charge is 2.28. The maximum absolute atomic E-state index is 13.2. The molecule has 1 aromatic heterocycles. The predicted octanol–water partition coefficient (Wildman–Crippen LogP) is 5.22. The van der Waals surface area contributed by atoms with Gasteiger partial charge in [-0.15, -0.1) is 0 Å². The number of methoxy groups -OCH3 is 1. The van der Waals surface area contributed by atoms with Crippen molar-refractivity contribution in [2.45, 2.75) is 11.8 Å². The third-order valence-electron chi connectivity index (χ3n) is 4.13. The number of hydrogen-bond donors (Lipinski definition) is 0. The van der Waals surface area contributed by atoms with Crippen molar-refractivity contribution in [3.8, 4) is 17.2 Å². The van der Waals surface area contributed by atoms with Gasteiger partial charge in [-0.05, 0) is 37.3 Å². The molecule has 0 saturated carbocycles. The van der Waals surface area contributed by atoms with E-state index in [0.717, 1.165) is 3.33 Å². The van der Waals surface area contributed by atoms with Crippen molar-refractivity contribution in [3.63, 3.8) is 0 Å². The highest BCUT2D eigenvalue weighted by molar-refractivity contribution is 9.11. The summed E-state index contributed by atoms with van der Waals surface area (Å²) in [6.45, 7) is 1.78. The van der Waals surface area contributed by atoms with Gasteiger partial charge in [0.2, 0.25) is 0 Å². The van der Waals surface area contributed by atoms with Crippen LogP contribution >= 0.6 is 27.7 Å². The molecule has 1 heterocycles. The Morgan fingerprint density at radius 2 is 1.88 bits per heavy atom. The van der Waals surface area contributed by atoms with Crippen LogP contribution in [-0.2, 0) is 14.8 Å². The lowest BCUT2D eigenvalue weighted by Crippen LogP contribution is -2.22. The average molecular weight is 542 g/mol. The lowest BCUT2D eigenvalue weighted by molar-refractivity contribution is 0.0523. The number of hydrogen-bond acceptors (Lipinski definition) is 7. The van der Waals surface area contributed by atoms with Gasteiger partial charge in [-0.25, -0.2) is 13.2 Å². The van der Waals surface area contributed by atoms with E-state index < -0.39 is 16.0 Å². The van der Waals surface area contributed by atoms with Gasteiger partial charge in [-0.2, -0.15) is 3.33 Å². The number of ether oxygens (including phenoxy) is 3. The van der Waals surface area contributed by atoms with Gasteiger partial charge in [-0.3, -0.25) is 4.98 Å². The smallest absolute Gasteiger partial charge is 0.342 e. The van der Waals surface area contributed by atoms with E-state index >= 15 is 0 Å². The van der Waals surface area contributed by atoms with Crippen LogP contribution in [0.15, 0.2) is 65.8 Å². The maximum Gasteiger partial charge on any atom is 0.342 e. The fourth-order valence-corrected chi connectivity index (χ4v) is 4.79. The number of para-hydroxylation sites is 1. The van der Waals surface area contributed by atoms with E-state index in [9.17, 15) is 13.2 Å². The number of carbonyl (C=O) groups excluding carboxylic acids is 1. The van der Waals surface area contributed by atoms with E-state index in [1.807, 2.05) is 0 Å². The molecule has 0 atom stereocenters. The Kier molecular flexibility index (Phi) is 7.60. The zero-order chi connectivity index (χ0) is 23.3. The molecule has 3 rings (SSSR count). The normalized spacial score (nSPS) is 11.0. The first-order valence-corrected chi connectivity index (χ1v) is 11.7. The summed E-state index contributed by atoms with van der Waals surface area (Å²) in [6.07, 6.45) is 2.87. The standard InChI is InChI=1S/C21H18BrClN2O6S/c1-3-30-21(26)17-11-15(8-9-18(17)31-16-10-14(23)12-24-13-16)25(22)32(27,28)20-7-5-4-6-19(20)29-2/h4-13H,3H2,1-2H3. The number of anilines is 1. The third kappa shape index (κ3) is 5.14. The minimum atomic E-state index is -4.06. The zero-order valence-corrected chi connectivity index (χ0v) is 20.1. The summed E-state index contributed by atoms with van der Waals surface area (Å²) in [5.74, 6) is -0.0640. The number of halogens is 2. The van der Waals surface area contributed by atoms with E-state index in [4.69, 9.17) is 25.8 Å². The number of sulfonamides is 1. The van der Waals surface area contributed by atoms with Crippen LogP contribution in [0.3, 0.4) is 0 Å². The Bertz CT molecular complexity index is 1240. The molecule has 0 aliphatic heterocycles. The second kappa shape index (κ2) is 10.2. The summed E-state index contributed by atoms with van der Waals surface area (Å²) in [7, 11) is -2.68. The van der Waals surface area contributed by atoms with Gasteiger partial charge in [0, 0.05) is 12.3 Å². The van der Waals surface area contributed by atoms with Crippen molar-refractivity contribution in [3.05, 3.63) is 71.5 Å². The van der Waals surface area contributed by atoms with Crippen LogP contribution in [0.1, 0.15) is 17.3 Å². The second-order valence-electron chi connectivity index (χ2n) is 6.21. The molecule has 0 spiro atoms. The number of benzene rings is 2. The van der Waals surface area contributed by atoms with Gasteiger partial charge in [-0.1, -0.05) is 23.7 Å². The first kappa shape index (κ1) is 23.8. The maximum atomic E-state index is 13.2. The minimum absolute atomic E-state index is 0.0176. The molecule has 2 aromatic carbocycles. The van der Waals surface area contributed by atoms with E-state index in [1.165, 1.54) is 55.9 Å². The molecule has 168 valence electrons. The van der Waals surface area contributed by atoms with Crippen LogP contribution in [0, 0.1) is 0 Å². The predicted molar refractivity (Wildman–Crippen MR) is 123 cm³/mol. The van der Waals surface area contributed by atoms with E-state index in [0.29, 0.717) is 10.8 Å². The molecule has 0 aliphatic rings. The number of aromatic nitrogens is 1. The Morgan fingerprint density at radius 1 is 1.12 bits per heavy atom. The second-order valence-corrected chi connectivity index (χ2v) is 9.58. The highest BCUT2D eigenvalue weighted by atomic mass is 79.9. The van der Waals surface area contributed by atoms with Crippen LogP contribution in [-0.4, -0.2) is 33.1 Å². The number of nitrogens with zero attached hydrogens (tertiary/aromatic N) is 2. The largest absolute Gasteiger partial charge is 0.495 e. The summed E-state index contributed by atoms with van der Waals surface area (Å²) < 4.78 is 43.2. The highest BCUT2D eigenvalue weighted by Crippen LogP contribution is 2.36. The van der Waals surface area contributed by atoms with Crippen molar-refractivity contribution < 1.29 is 27.4 Å². The third-order valence-corrected chi connectivity index (χ3v) is 7.41. The SMILES string of the molecule is CCOC(=O)c1cc(N(Br)S(=O)(=O)c2ccccc2OC)ccc1Oc1cncc(Cl)c1. The average Bonchev–Trinajstić information content (AvgIpc) is 2.79. The minimum Gasteiger partial charge on any atom is -0.495 e. The molecular weight excluding hydrogens is 524 g/mol. The van der Waals surface area contributed by atoms with Gasteiger partial charge >= 0.3 is 5.97 Å². The number of esters is 1. The van der Waals surface area contributed by atoms with Gasteiger partial charge in [0.15, 0.2) is 0 Å². The van der Waals surface area contributed by atoms with Crippen molar-refractivity contribution >= 4 is 49.4 Å². The molecule has 11 heteroatoms. The molecule has 0 radical (unpaired) electrons. The summed E-state index contributed by atoms with van der Waals surface area (Å²) in [5.41, 5.74) is 0.166. The van der Waals surface area contributed by atoms with Crippen LogP contribution in [0.5, 0.6) is 17.2 Å². The molecule has 0 N–H and O–H groups in total. The number of pyridine rings is 1. The molecule has 0 unspecified atom stereocenters. The molecule has 0 fully saturated rings. The van der Waals surface area contributed by atoms with Gasteiger partial charge in [0.1, 0.15) is 27.7 Å². The lowest BCUT2D eigenvalue weighted by Gasteiger charge is -2.20. The summed E-state index contributed by atoms with van der Waals surface area (Å²) in [6, 6.07) is 12.0. The first-order chi connectivity index (χ1) is 15.3. The van der Waals surface area contributed by atoms with Gasteiger partial charge in [0.05, 0.1) is 46.8 Å². The van der Waals surface area contributed by atoms with Crippen molar-refractivity contribution in [2.24, 2.45) is 0 Å². The molecule has 0 saturated heterocycles. The molecular formula is C21H18BrClN2O6S. The Labute approximate surface area is 199 Å². The summed E-state index contributed by atoms with van der Waals surface area (Å²) >= 11 is 9.04. The van der Waals surface area contributed by atoms with E-state index in [-0.39, 0.29) is 34.3 Å². The zero-order valence-electron chi connectivity index (χ0n) is 17.0. The molecule has 8 nitrogen and oxygen atoms in total. The summed E-state index contributed by atoms with van der Waals surface area (Å²) in [4.78, 5) is 16.5. The molecule has 3 aromatic rings. The Morgan fingerprint density at radius 3 is 2.56 bits per heavy atom. The molecule has 0 bridgehead atoms. The lowest BCUT2D eigenvalue weighted by atomic mass is 10.2. The Hall–Kier alpha value is -2.82. The van der Waals surface area contributed by atoms with Gasteiger partial charge < -0.3 is 14.2 Å². The number of rotatable bonds is 8. The van der Waals surface area contributed by atoms with Crippen LogP contribution in [0.4, 0.5) is 5.69 Å². The van der Waals surface area contributed by atoms with Crippen LogP contribution in [0.25, 0.3) is 0 Å².